The van der Waals surface area contributed by atoms with Crippen molar-refractivity contribution in [1.29, 1.82) is 0 Å². The Kier molecular flexibility index (Phi) is 7.30. The van der Waals surface area contributed by atoms with Crippen molar-refractivity contribution in [2.75, 3.05) is 26.7 Å². The van der Waals surface area contributed by atoms with Gasteiger partial charge in [0.25, 0.3) is 5.91 Å². The maximum absolute atomic E-state index is 12.4. The van der Waals surface area contributed by atoms with E-state index in [0.29, 0.717) is 16.5 Å². The van der Waals surface area contributed by atoms with Crippen molar-refractivity contribution in [2.45, 2.75) is 12.8 Å². The number of likely N-dealkylation sites (tertiary alicyclic amines) is 1. The van der Waals surface area contributed by atoms with Crippen LogP contribution in [-0.2, 0) is 0 Å². The first kappa shape index (κ1) is 17.8. The second-order valence-corrected chi connectivity index (χ2v) is 6.21. The van der Waals surface area contributed by atoms with Gasteiger partial charge in [0, 0.05) is 22.6 Å². The fraction of sp³-hybridized carbons (Fsp3) is 0.500. The lowest BCUT2D eigenvalue weighted by Crippen LogP contribution is -2.40. The van der Waals surface area contributed by atoms with Crippen LogP contribution in [0.2, 0.25) is 5.02 Å². The zero-order valence-corrected chi connectivity index (χ0v) is 14.5. The smallest absolute Gasteiger partial charge is 0.254 e. The highest BCUT2D eigenvalue weighted by molar-refractivity contribution is 9.10. The SMILES string of the molecule is CNCC1CCN(C(=O)c2ccc(Cl)cc2Br)CC1.Cl. The van der Waals surface area contributed by atoms with Gasteiger partial charge in [-0.05, 0) is 66.5 Å². The molecule has 0 atom stereocenters. The number of halogens is 3. The van der Waals surface area contributed by atoms with Gasteiger partial charge < -0.3 is 10.2 Å². The Labute approximate surface area is 139 Å². The number of hydrogen-bond acceptors (Lipinski definition) is 2. The van der Waals surface area contributed by atoms with E-state index in [0.717, 1.165) is 36.9 Å². The summed E-state index contributed by atoms with van der Waals surface area (Å²) in [7, 11) is 1.97. The molecule has 20 heavy (non-hydrogen) atoms. The Morgan fingerprint density at radius 1 is 1.45 bits per heavy atom. The highest BCUT2D eigenvalue weighted by Crippen LogP contribution is 2.25. The van der Waals surface area contributed by atoms with Crippen LogP contribution in [0, 0.1) is 5.92 Å². The van der Waals surface area contributed by atoms with Crippen molar-refractivity contribution in [1.82, 2.24) is 10.2 Å². The molecule has 0 spiro atoms. The summed E-state index contributed by atoms with van der Waals surface area (Å²) in [4.78, 5) is 14.4. The molecule has 1 amide bonds. The van der Waals surface area contributed by atoms with Gasteiger partial charge in [-0.2, -0.15) is 0 Å². The lowest BCUT2D eigenvalue weighted by Gasteiger charge is -2.32. The molecule has 0 aromatic heterocycles. The first-order valence-electron chi connectivity index (χ1n) is 6.50. The molecule has 0 saturated carbocycles. The molecule has 1 saturated heterocycles. The van der Waals surface area contributed by atoms with Crippen molar-refractivity contribution in [2.24, 2.45) is 5.92 Å². The Balaban J connectivity index is 0.00000200. The summed E-state index contributed by atoms with van der Waals surface area (Å²) in [5.41, 5.74) is 0.691. The lowest BCUT2D eigenvalue weighted by atomic mass is 9.96. The molecular formula is C14H19BrCl2N2O. The maximum Gasteiger partial charge on any atom is 0.254 e. The molecule has 1 fully saturated rings. The molecule has 1 aromatic carbocycles. The largest absolute Gasteiger partial charge is 0.339 e. The minimum Gasteiger partial charge on any atom is -0.339 e. The van der Waals surface area contributed by atoms with Crippen LogP contribution in [0.15, 0.2) is 22.7 Å². The topological polar surface area (TPSA) is 32.3 Å². The third-order valence-corrected chi connectivity index (χ3v) is 4.45. The number of carbonyl (C=O) groups excluding carboxylic acids is 1. The van der Waals surface area contributed by atoms with Crippen molar-refractivity contribution < 1.29 is 4.79 Å². The van der Waals surface area contributed by atoms with Gasteiger partial charge in [0.2, 0.25) is 0 Å². The fourth-order valence-corrected chi connectivity index (χ4v) is 3.31. The molecule has 0 aliphatic carbocycles. The van der Waals surface area contributed by atoms with E-state index in [-0.39, 0.29) is 18.3 Å². The van der Waals surface area contributed by atoms with Crippen LogP contribution in [-0.4, -0.2) is 37.5 Å². The summed E-state index contributed by atoms with van der Waals surface area (Å²) in [6, 6.07) is 5.31. The molecule has 0 radical (unpaired) electrons. The summed E-state index contributed by atoms with van der Waals surface area (Å²) in [5, 5.41) is 3.84. The van der Waals surface area contributed by atoms with Crippen LogP contribution in [0.5, 0.6) is 0 Å². The van der Waals surface area contributed by atoms with E-state index in [1.165, 1.54) is 0 Å². The molecular weight excluding hydrogens is 363 g/mol. The fourth-order valence-electron chi connectivity index (χ4n) is 2.46. The maximum atomic E-state index is 12.4. The van der Waals surface area contributed by atoms with Crippen LogP contribution < -0.4 is 5.32 Å². The summed E-state index contributed by atoms with van der Waals surface area (Å²) in [6.07, 6.45) is 2.13. The molecule has 1 N–H and O–H groups in total. The minimum absolute atomic E-state index is 0. The number of rotatable bonds is 3. The number of nitrogens with zero attached hydrogens (tertiary/aromatic N) is 1. The van der Waals surface area contributed by atoms with E-state index in [9.17, 15) is 4.79 Å². The molecule has 0 unspecified atom stereocenters. The number of piperidine rings is 1. The molecule has 1 heterocycles. The van der Waals surface area contributed by atoms with Gasteiger partial charge in [0.15, 0.2) is 0 Å². The van der Waals surface area contributed by atoms with Crippen LogP contribution in [0.25, 0.3) is 0 Å². The molecule has 112 valence electrons. The summed E-state index contributed by atoms with van der Waals surface area (Å²) in [5.74, 6) is 0.772. The van der Waals surface area contributed by atoms with E-state index >= 15 is 0 Å². The molecule has 2 rings (SSSR count). The average Bonchev–Trinajstić information content (AvgIpc) is 2.39. The van der Waals surface area contributed by atoms with Gasteiger partial charge in [-0.3, -0.25) is 4.79 Å². The molecule has 1 aliphatic heterocycles. The molecule has 1 aromatic rings. The summed E-state index contributed by atoms with van der Waals surface area (Å²) in [6.45, 7) is 2.70. The average molecular weight is 382 g/mol. The lowest BCUT2D eigenvalue weighted by molar-refractivity contribution is 0.0690. The Hall–Kier alpha value is -0.290. The Morgan fingerprint density at radius 3 is 2.65 bits per heavy atom. The van der Waals surface area contributed by atoms with E-state index in [1.54, 1.807) is 18.2 Å². The Morgan fingerprint density at radius 2 is 2.10 bits per heavy atom. The van der Waals surface area contributed by atoms with Crippen molar-refractivity contribution >= 4 is 45.8 Å². The first-order valence-corrected chi connectivity index (χ1v) is 7.68. The molecule has 1 aliphatic rings. The van der Waals surface area contributed by atoms with Crippen LogP contribution in [0.3, 0.4) is 0 Å². The minimum atomic E-state index is 0. The zero-order valence-electron chi connectivity index (χ0n) is 11.4. The summed E-state index contributed by atoms with van der Waals surface area (Å²) >= 11 is 9.31. The van der Waals surface area contributed by atoms with Crippen molar-refractivity contribution in [3.63, 3.8) is 0 Å². The zero-order chi connectivity index (χ0) is 13.8. The number of hydrogen-bond donors (Lipinski definition) is 1. The third-order valence-electron chi connectivity index (χ3n) is 3.56. The number of nitrogens with one attached hydrogen (secondary N) is 1. The van der Waals surface area contributed by atoms with Crippen molar-refractivity contribution in [3.05, 3.63) is 33.3 Å². The van der Waals surface area contributed by atoms with Crippen LogP contribution in [0.1, 0.15) is 23.2 Å². The van der Waals surface area contributed by atoms with Gasteiger partial charge in [-0.25, -0.2) is 0 Å². The van der Waals surface area contributed by atoms with Gasteiger partial charge in [0.05, 0.1) is 5.56 Å². The van der Waals surface area contributed by atoms with Gasteiger partial charge in [-0.1, -0.05) is 11.6 Å². The van der Waals surface area contributed by atoms with Gasteiger partial charge in [-0.15, -0.1) is 12.4 Å². The number of amides is 1. The summed E-state index contributed by atoms with van der Waals surface area (Å²) < 4.78 is 0.766. The van der Waals surface area contributed by atoms with Crippen LogP contribution >= 0.6 is 39.9 Å². The second-order valence-electron chi connectivity index (χ2n) is 4.92. The molecule has 3 nitrogen and oxygen atoms in total. The predicted octanol–water partition coefficient (Wildman–Crippen LogP) is 3.60. The first-order chi connectivity index (χ1) is 9.11. The van der Waals surface area contributed by atoms with Gasteiger partial charge in [0.1, 0.15) is 0 Å². The monoisotopic (exact) mass is 380 g/mol. The normalized spacial score (nSPS) is 15.8. The van der Waals surface area contributed by atoms with E-state index in [4.69, 9.17) is 11.6 Å². The van der Waals surface area contributed by atoms with E-state index < -0.39 is 0 Å². The predicted molar refractivity (Wildman–Crippen MR) is 89.0 cm³/mol. The third kappa shape index (κ3) is 4.35. The highest BCUT2D eigenvalue weighted by Gasteiger charge is 2.24. The van der Waals surface area contributed by atoms with Gasteiger partial charge >= 0.3 is 0 Å². The van der Waals surface area contributed by atoms with Crippen molar-refractivity contribution in [3.8, 4) is 0 Å². The molecule has 6 heteroatoms. The Bertz CT molecular complexity index is 462. The van der Waals surface area contributed by atoms with Crippen LogP contribution in [0.4, 0.5) is 0 Å². The number of benzene rings is 1. The highest BCUT2D eigenvalue weighted by atomic mass is 79.9. The number of carbonyl (C=O) groups is 1. The van der Waals surface area contributed by atoms with E-state index in [2.05, 4.69) is 21.2 Å². The second kappa shape index (κ2) is 8.23. The standard InChI is InChI=1S/C14H18BrClN2O.ClH/c1-17-9-10-4-6-18(7-5-10)14(19)12-3-2-11(16)8-13(12)15;/h2-3,8,10,17H,4-7,9H2,1H3;1H. The van der Waals surface area contributed by atoms with E-state index in [1.807, 2.05) is 11.9 Å². The molecule has 0 bridgehead atoms. The quantitative estimate of drug-likeness (QED) is 0.867.